The second-order valence-electron chi connectivity index (χ2n) is 7.56. The first-order valence-electron chi connectivity index (χ1n) is 7.52. The highest BCUT2D eigenvalue weighted by Crippen LogP contribution is 2.73. The molecule has 3 unspecified atom stereocenters. The van der Waals surface area contributed by atoms with E-state index in [1.807, 2.05) is 0 Å². The van der Waals surface area contributed by atoms with Crippen molar-refractivity contribution < 1.29 is 4.79 Å². The minimum atomic E-state index is 0.112. The summed E-state index contributed by atoms with van der Waals surface area (Å²) in [5.74, 6) is 1.09. The second-order valence-corrected chi connectivity index (χ2v) is 7.56. The van der Waals surface area contributed by atoms with Crippen molar-refractivity contribution in [2.75, 3.05) is 0 Å². The predicted molar refractivity (Wildman–Crippen MR) is 69.8 cm³/mol. The topological polar surface area (TPSA) is 17.1 Å². The third-order valence-corrected chi connectivity index (χ3v) is 6.58. The van der Waals surface area contributed by atoms with Gasteiger partial charge in [-0.2, -0.15) is 0 Å². The lowest BCUT2D eigenvalue weighted by Gasteiger charge is -2.51. The van der Waals surface area contributed by atoms with E-state index in [-0.39, 0.29) is 5.41 Å². The molecule has 96 valence electrons. The molecule has 3 rings (SSSR count). The summed E-state index contributed by atoms with van der Waals surface area (Å²) in [5.41, 5.74) is 0.899. The zero-order valence-corrected chi connectivity index (χ0v) is 11.6. The van der Waals surface area contributed by atoms with Crippen molar-refractivity contribution in [2.24, 2.45) is 22.2 Å². The third kappa shape index (κ3) is 1.24. The van der Waals surface area contributed by atoms with Crippen LogP contribution < -0.4 is 0 Å². The summed E-state index contributed by atoms with van der Waals surface area (Å²) in [4.78, 5) is 12.8. The number of rotatable bonds is 2. The van der Waals surface area contributed by atoms with Crippen LogP contribution in [0, 0.1) is 22.2 Å². The van der Waals surface area contributed by atoms with E-state index in [1.54, 1.807) is 0 Å². The van der Waals surface area contributed by atoms with Crippen molar-refractivity contribution >= 4 is 5.78 Å². The van der Waals surface area contributed by atoms with Crippen molar-refractivity contribution in [1.29, 1.82) is 0 Å². The van der Waals surface area contributed by atoms with Gasteiger partial charge in [-0.25, -0.2) is 0 Å². The van der Waals surface area contributed by atoms with Crippen molar-refractivity contribution in [2.45, 2.75) is 72.1 Å². The van der Waals surface area contributed by atoms with Gasteiger partial charge in [0.15, 0.2) is 0 Å². The molecule has 0 aliphatic heterocycles. The van der Waals surface area contributed by atoms with Crippen molar-refractivity contribution in [1.82, 2.24) is 0 Å². The maximum atomic E-state index is 12.8. The maximum Gasteiger partial charge on any atom is 0.142 e. The molecule has 3 aliphatic rings. The van der Waals surface area contributed by atoms with Gasteiger partial charge in [-0.05, 0) is 49.4 Å². The standard InChI is InChI=1S/C16H26O/c1-4-7-15-9-10-16(11-15)12(13(15)17)6-5-8-14(16,2)3/h12H,4-11H2,1-3H3. The predicted octanol–water partition coefficient (Wildman–Crippen LogP) is 4.35. The van der Waals surface area contributed by atoms with Crippen LogP contribution in [0.3, 0.4) is 0 Å². The molecule has 0 aromatic heterocycles. The smallest absolute Gasteiger partial charge is 0.142 e. The average Bonchev–Trinajstić information content (AvgIpc) is 2.74. The van der Waals surface area contributed by atoms with Crippen LogP contribution in [-0.4, -0.2) is 5.78 Å². The molecule has 0 saturated heterocycles. The molecule has 17 heavy (non-hydrogen) atoms. The molecule has 0 aromatic rings. The Kier molecular flexibility index (Phi) is 2.32. The first kappa shape index (κ1) is 11.7. The number of carbonyl (C=O) groups excluding carboxylic acids is 1. The molecular weight excluding hydrogens is 208 g/mol. The lowest BCUT2D eigenvalue weighted by molar-refractivity contribution is -0.137. The summed E-state index contributed by atoms with van der Waals surface area (Å²) in [6.45, 7) is 7.10. The van der Waals surface area contributed by atoms with E-state index in [9.17, 15) is 4.79 Å². The number of hydrogen-bond donors (Lipinski definition) is 0. The van der Waals surface area contributed by atoms with Gasteiger partial charge in [0, 0.05) is 11.3 Å². The Hall–Kier alpha value is -0.330. The molecule has 0 amide bonds. The number of fused-ring (bicyclic) bond motifs is 1. The molecule has 2 bridgehead atoms. The number of carbonyl (C=O) groups is 1. The Bertz CT molecular complexity index is 357. The summed E-state index contributed by atoms with van der Waals surface area (Å²) < 4.78 is 0. The Morgan fingerprint density at radius 3 is 2.65 bits per heavy atom. The highest BCUT2D eigenvalue weighted by atomic mass is 16.1. The zero-order valence-electron chi connectivity index (χ0n) is 11.6. The van der Waals surface area contributed by atoms with Gasteiger partial charge in [-0.1, -0.05) is 33.6 Å². The maximum absolute atomic E-state index is 12.8. The quantitative estimate of drug-likeness (QED) is 0.694. The van der Waals surface area contributed by atoms with Crippen LogP contribution in [0.4, 0.5) is 0 Å². The Labute approximate surface area is 105 Å². The third-order valence-electron chi connectivity index (χ3n) is 6.58. The van der Waals surface area contributed by atoms with Gasteiger partial charge in [0.2, 0.25) is 0 Å². The summed E-state index contributed by atoms with van der Waals surface area (Å²) in [7, 11) is 0. The fourth-order valence-corrected chi connectivity index (χ4v) is 5.64. The highest BCUT2D eigenvalue weighted by Gasteiger charge is 2.69. The van der Waals surface area contributed by atoms with Crippen molar-refractivity contribution in [3.8, 4) is 0 Å². The zero-order chi connectivity index (χ0) is 12.3. The lowest BCUT2D eigenvalue weighted by Crippen LogP contribution is -2.46. The van der Waals surface area contributed by atoms with E-state index in [4.69, 9.17) is 0 Å². The summed E-state index contributed by atoms with van der Waals surface area (Å²) in [6.07, 6.45) is 9.87. The first-order chi connectivity index (χ1) is 7.97. The largest absolute Gasteiger partial charge is 0.299 e. The van der Waals surface area contributed by atoms with E-state index >= 15 is 0 Å². The van der Waals surface area contributed by atoms with Crippen molar-refractivity contribution in [3.05, 3.63) is 0 Å². The van der Waals surface area contributed by atoms with Crippen LogP contribution in [0.5, 0.6) is 0 Å². The molecule has 1 heteroatoms. The molecule has 0 heterocycles. The van der Waals surface area contributed by atoms with E-state index in [0.29, 0.717) is 22.5 Å². The summed E-state index contributed by atoms with van der Waals surface area (Å²) in [6, 6.07) is 0. The molecular formula is C16H26O. The molecule has 1 spiro atoms. The molecule has 0 N–H and O–H groups in total. The first-order valence-corrected chi connectivity index (χ1v) is 7.52. The van der Waals surface area contributed by atoms with Crippen LogP contribution in [0.25, 0.3) is 0 Å². The molecule has 3 saturated carbocycles. The molecule has 3 atom stereocenters. The Balaban J connectivity index is 2.02. The summed E-state index contributed by atoms with van der Waals surface area (Å²) >= 11 is 0. The Morgan fingerprint density at radius 1 is 1.24 bits per heavy atom. The van der Waals surface area contributed by atoms with Gasteiger partial charge in [-0.3, -0.25) is 4.79 Å². The molecule has 3 fully saturated rings. The molecule has 0 aromatic carbocycles. The number of Topliss-reactive ketones (excluding diaryl/α,β-unsaturated/α-hetero) is 1. The fraction of sp³-hybridized carbons (Fsp3) is 0.938. The monoisotopic (exact) mass is 234 g/mol. The van der Waals surface area contributed by atoms with E-state index in [2.05, 4.69) is 20.8 Å². The highest BCUT2D eigenvalue weighted by molar-refractivity contribution is 5.91. The minimum absolute atomic E-state index is 0.112. The fourth-order valence-electron chi connectivity index (χ4n) is 5.64. The number of hydrogen-bond acceptors (Lipinski definition) is 1. The average molecular weight is 234 g/mol. The SMILES string of the molecule is CCCC12CCC3(C1)C(CCCC3(C)C)C2=O. The van der Waals surface area contributed by atoms with Gasteiger partial charge in [-0.15, -0.1) is 0 Å². The molecule has 3 aliphatic carbocycles. The summed E-state index contributed by atoms with van der Waals surface area (Å²) in [5, 5.41) is 0. The minimum Gasteiger partial charge on any atom is -0.299 e. The van der Waals surface area contributed by atoms with Gasteiger partial charge in [0.05, 0.1) is 0 Å². The van der Waals surface area contributed by atoms with Crippen LogP contribution in [0.2, 0.25) is 0 Å². The van der Waals surface area contributed by atoms with Crippen LogP contribution >= 0.6 is 0 Å². The van der Waals surface area contributed by atoms with Gasteiger partial charge >= 0.3 is 0 Å². The molecule has 1 nitrogen and oxygen atoms in total. The molecule has 0 radical (unpaired) electrons. The number of ketones is 1. The normalized spacial score (nSPS) is 47.2. The van der Waals surface area contributed by atoms with Gasteiger partial charge in [0.1, 0.15) is 5.78 Å². The van der Waals surface area contributed by atoms with Crippen molar-refractivity contribution in [3.63, 3.8) is 0 Å². The second kappa shape index (κ2) is 3.36. The van der Waals surface area contributed by atoms with E-state index in [1.165, 1.54) is 44.9 Å². The van der Waals surface area contributed by atoms with Gasteiger partial charge in [0.25, 0.3) is 0 Å². The van der Waals surface area contributed by atoms with Crippen LogP contribution in [0.15, 0.2) is 0 Å². The lowest BCUT2D eigenvalue weighted by atomic mass is 9.53. The van der Waals surface area contributed by atoms with E-state index < -0.39 is 0 Å². The van der Waals surface area contributed by atoms with Crippen LogP contribution in [-0.2, 0) is 4.79 Å². The van der Waals surface area contributed by atoms with Crippen LogP contribution in [0.1, 0.15) is 72.1 Å². The van der Waals surface area contributed by atoms with E-state index in [0.717, 1.165) is 6.42 Å². The Morgan fingerprint density at radius 2 is 2.00 bits per heavy atom. The van der Waals surface area contributed by atoms with Gasteiger partial charge < -0.3 is 0 Å².